The van der Waals surface area contributed by atoms with E-state index in [9.17, 15) is 53.4 Å². The Balaban J connectivity index is 0.000000252. The molecule has 0 saturated carbocycles. The minimum Gasteiger partial charge on any atom is -0.870 e. The number of aliphatic hydroxyl groups is 2. The van der Waals surface area contributed by atoms with Gasteiger partial charge < -0.3 is 67.2 Å². The Hall–Kier alpha value is -11.6. The number of rotatable bonds is 29. The van der Waals surface area contributed by atoms with Crippen LogP contribution in [0.15, 0.2) is 187 Å². The summed E-state index contributed by atoms with van der Waals surface area (Å²) < 4.78 is 43.0. The number of halogens is 3. The molecule has 3 aromatic carbocycles. The number of hydrogen-bond acceptors (Lipinski definition) is 22. The molecule has 0 aliphatic rings. The van der Waals surface area contributed by atoms with E-state index >= 15 is 0 Å². The van der Waals surface area contributed by atoms with Crippen LogP contribution < -0.4 is 64.0 Å². The number of hydrogen-bond donors (Lipinski definition) is 3. The third kappa shape index (κ3) is 25.5. The van der Waals surface area contributed by atoms with Crippen molar-refractivity contribution in [3.63, 3.8) is 0 Å². The summed E-state index contributed by atoms with van der Waals surface area (Å²) >= 11 is 18.2. The maximum Gasteiger partial charge on any atom is 1.00 e. The smallest absolute Gasteiger partial charge is 0.870 e. The van der Waals surface area contributed by atoms with Gasteiger partial charge in [0.2, 0.25) is 29.2 Å². The molecular weight excluding hydrogens is 1730 g/mol. The third-order valence-corrected chi connectivity index (χ3v) is 21.5. The minimum atomic E-state index is -1.26. The number of fused-ring (bicyclic) bond motifs is 3. The summed E-state index contributed by atoms with van der Waals surface area (Å²) in [6.07, 6.45) is 5.10. The number of aliphatic hydroxyl groups excluding tert-OH is 2. The fraction of sp³-hybridized carbons (Fsp3) is 0.340. The van der Waals surface area contributed by atoms with Crippen LogP contribution in [0.1, 0.15) is 220 Å². The Morgan fingerprint density at radius 3 is 1.08 bits per heavy atom. The normalized spacial score (nSPS) is 11.8. The van der Waals surface area contributed by atoms with Gasteiger partial charge in [0, 0.05) is 126 Å². The molecule has 26 nitrogen and oxygen atoms in total. The number of methoxy groups -OCH3 is 3. The van der Waals surface area contributed by atoms with Gasteiger partial charge in [-0.25, -0.2) is 15.0 Å². The van der Waals surface area contributed by atoms with E-state index in [1.165, 1.54) is 19.2 Å². The molecule has 0 fully saturated rings. The number of esters is 2. The van der Waals surface area contributed by atoms with Crippen molar-refractivity contribution in [2.75, 3.05) is 34.5 Å². The molecule has 0 atom stereocenters. The molecule has 682 valence electrons. The van der Waals surface area contributed by atoms with Crippen molar-refractivity contribution in [3.8, 4) is 29.1 Å². The van der Waals surface area contributed by atoms with E-state index in [1.807, 2.05) is 45.0 Å². The average molecular weight is 1850 g/mol. The number of carboxylic acid groups (broad SMARTS) is 1. The summed E-state index contributed by atoms with van der Waals surface area (Å²) in [5, 5.41) is 31.9. The average Bonchev–Trinajstić information content (AvgIpc) is 1.59. The Morgan fingerprint density at radius 2 is 0.731 bits per heavy atom. The van der Waals surface area contributed by atoms with Crippen LogP contribution in [0.3, 0.4) is 0 Å². The van der Waals surface area contributed by atoms with Crippen LogP contribution in [0.2, 0.25) is 15.1 Å². The van der Waals surface area contributed by atoms with Gasteiger partial charge in [-0.15, -0.1) is 0 Å². The van der Waals surface area contributed by atoms with Crippen molar-refractivity contribution in [2.45, 2.75) is 157 Å². The van der Waals surface area contributed by atoms with Gasteiger partial charge in [0.05, 0.1) is 108 Å². The maximum absolute atomic E-state index is 14.2. The molecule has 0 aliphatic heterocycles. The van der Waals surface area contributed by atoms with Crippen molar-refractivity contribution in [2.24, 2.45) is 32.5 Å². The summed E-state index contributed by atoms with van der Waals surface area (Å²) in [6, 6.07) is 45.4. The molecule has 9 aromatic heterocycles. The first kappa shape index (κ1) is 105. The molecule has 9 heterocycles. The zero-order valence-electron chi connectivity index (χ0n) is 77.1. The van der Waals surface area contributed by atoms with Crippen LogP contribution >= 0.6 is 34.8 Å². The van der Waals surface area contributed by atoms with Crippen LogP contribution in [-0.4, -0.2) is 130 Å². The van der Waals surface area contributed by atoms with Crippen molar-refractivity contribution in [1.82, 2.24) is 28.2 Å². The fourth-order valence-corrected chi connectivity index (χ4v) is 14.3. The number of nitrogens with zero attached hydrogens (tertiary/aromatic N) is 6. The molecule has 0 saturated heterocycles. The number of ketones is 5. The Morgan fingerprint density at radius 1 is 0.408 bits per heavy atom. The van der Waals surface area contributed by atoms with Gasteiger partial charge in [-0.05, 0) is 194 Å². The second-order valence-electron chi connectivity index (χ2n) is 35.4. The summed E-state index contributed by atoms with van der Waals surface area (Å²) in [5.74, 6) is -0.784. The van der Waals surface area contributed by atoms with Crippen LogP contribution in [0.4, 0.5) is 0 Å². The number of carbonyl (C=O) groups excluding carboxylic acids is 7. The number of benzene rings is 3. The maximum atomic E-state index is 14.2. The number of Topliss-reactive ketones (excluding diaryl/α,β-unsaturated/α-hetero) is 3. The van der Waals surface area contributed by atoms with Gasteiger partial charge >= 0.3 is 47.5 Å². The molecule has 12 rings (SSSR count). The van der Waals surface area contributed by atoms with E-state index in [0.29, 0.717) is 139 Å². The summed E-state index contributed by atoms with van der Waals surface area (Å²) in [6.45, 7) is 30.6. The third-order valence-electron chi connectivity index (χ3n) is 20.7. The van der Waals surface area contributed by atoms with E-state index in [2.05, 4.69) is 15.0 Å². The molecule has 30 heteroatoms. The van der Waals surface area contributed by atoms with Gasteiger partial charge in [0.15, 0.2) is 22.8 Å². The molecule has 0 spiro atoms. The van der Waals surface area contributed by atoms with Crippen LogP contribution in [0.25, 0.3) is 22.3 Å². The van der Waals surface area contributed by atoms with E-state index in [1.54, 1.807) is 270 Å². The van der Waals surface area contributed by atoms with Gasteiger partial charge in [-0.1, -0.05) is 115 Å². The summed E-state index contributed by atoms with van der Waals surface area (Å²) in [4.78, 5) is 133. The number of aromatic nitrogens is 6. The zero-order valence-corrected chi connectivity index (χ0v) is 81.4. The van der Waals surface area contributed by atoms with Crippen molar-refractivity contribution >= 4 is 104 Å². The Kier molecular flexibility index (Phi) is 36.0. The number of ether oxygens (including phenoxy) is 7. The fourth-order valence-electron chi connectivity index (χ4n) is 13.9. The van der Waals surface area contributed by atoms with Crippen molar-refractivity contribution in [3.05, 3.63) is 292 Å². The number of carbonyl (C=O) groups is 8. The van der Waals surface area contributed by atoms with E-state index in [-0.39, 0.29) is 133 Å². The topological polar surface area (TPSA) is 361 Å². The molecule has 0 amide bonds. The van der Waals surface area contributed by atoms with Crippen molar-refractivity contribution in [1.29, 1.82) is 0 Å². The number of carboxylic acids is 1. The summed E-state index contributed by atoms with van der Waals surface area (Å²) in [7, 11) is 4.63. The van der Waals surface area contributed by atoms with Crippen LogP contribution in [0.5, 0.6) is 29.1 Å². The van der Waals surface area contributed by atoms with E-state index in [0.717, 1.165) is 0 Å². The van der Waals surface area contributed by atoms with Gasteiger partial charge in [0.1, 0.15) is 30.5 Å². The molecule has 4 N–H and O–H groups in total. The first-order valence-electron chi connectivity index (χ1n) is 41.3. The molecule has 0 unspecified atom stereocenters. The monoisotopic (exact) mass is 1840 g/mol. The molecule has 0 radical (unpaired) electrons. The van der Waals surface area contributed by atoms with Gasteiger partial charge in [0.25, 0.3) is 0 Å². The van der Waals surface area contributed by atoms with E-state index in [4.69, 9.17) is 73.1 Å². The standard InChI is InChI=1S/C34H37ClN2O6.C32H33ClN2O6.C27H30ClNO5.C7H9NO2.Na.H2O/c1-8-42-32(40)34(5,6)19-25-28(31(39)33(2,3)4)26-18-24(43-20-23-10-9-11-27(36-23)41-7)16-17-37(26)29(25)30(38)21-12-14-22(35)15-13-21;1-31(2,3)29(37)26-23(17-32(4,5)30(38)39)27(28(36)19-10-12-20(33)13-11-19)35-15-14-22(16-24(26)35)41-18-21-8-7-9-25(34-21)40-6;1-7-34-25(33)27(5,6)15-19-21(24(32)26(2,3)4)20-14-18(30)12-13-29(20)22(19)23(31)16-8-10-17(28)11-9-16;1-10-7-4-2-3-6(5-9)8-7;;/h9-18H,8,19-20H2,1-7H3;7-16H,17-18H2,1-6H3,(H,38,39);8-14,31H,7,15H2,1-6H3;2-4,9H,5H2,1H3;;1H2/q;;;;+1;/p-1. The molecule has 0 bridgehead atoms. The van der Waals surface area contributed by atoms with Crippen LogP contribution in [0, 0.1) is 32.5 Å². The van der Waals surface area contributed by atoms with Crippen LogP contribution in [-0.2, 0) is 62.9 Å². The Bertz CT molecular complexity index is 6240. The number of aliphatic carboxylic acids is 1. The molecular formula is C100H110Cl3N6NaO20. The van der Waals surface area contributed by atoms with E-state index < -0.39 is 50.4 Å². The molecule has 12 aromatic rings. The predicted octanol–water partition coefficient (Wildman–Crippen LogP) is 16.0. The Labute approximate surface area is 792 Å². The largest absolute Gasteiger partial charge is 1.00 e. The first-order valence-corrected chi connectivity index (χ1v) is 42.5. The zero-order chi connectivity index (χ0) is 94.5. The molecule has 0 aliphatic carbocycles. The minimum absolute atomic E-state index is 0. The van der Waals surface area contributed by atoms with Gasteiger partial charge in [-0.2, -0.15) is 0 Å². The second kappa shape index (κ2) is 44.3. The quantitative estimate of drug-likeness (QED) is 0.0223. The molecule has 130 heavy (non-hydrogen) atoms. The first-order chi connectivity index (χ1) is 60.1. The SMILES string of the molecule is CCOC(=O)C(C)(C)Cc1c(C(=O)C(C)(C)C)c2cc(=O)ccn2c1=C(O)c1ccc(Cl)cc1.CCOC(=O)C(C)(C)Cc1c(C(=O)C(C)(C)C)c2cc(OCc3cccc(OC)n3)ccn2c1C(=O)c1ccc(Cl)cc1.COc1cccc(CO)n1.COc1cccc(COc2ccn3c(C(=O)c4ccc(Cl)cc4)c(CC(C)(C)C(=O)O)c(C(=O)C(C)(C)C)c3c2)n1.[Na+].[OH-]. The predicted molar refractivity (Wildman–Crippen MR) is 494 cm³/mol. The van der Waals surface area contributed by atoms with Crippen molar-refractivity contribution < 1.29 is 122 Å². The van der Waals surface area contributed by atoms with Gasteiger partial charge in [-0.3, -0.25) is 43.2 Å². The second-order valence-corrected chi connectivity index (χ2v) is 36.7. The summed E-state index contributed by atoms with van der Waals surface area (Å²) in [5.41, 5.74) is 1.46. The number of pyridine rings is 6.